The Morgan fingerprint density at radius 2 is 1.57 bits per heavy atom. The molecule has 0 radical (unpaired) electrons. The number of hydrogen-bond acceptors (Lipinski definition) is 4. The molecule has 3 rings (SSSR count). The second-order valence-corrected chi connectivity index (χ2v) is 8.96. The molecular formula is C21H25N3O3S. The first-order chi connectivity index (χ1) is 13.2. The van der Waals surface area contributed by atoms with Crippen LogP contribution in [0, 0.1) is 0 Å². The first kappa shape index (κ1) is 20.1. The van der Waals surface area contributed by atoms with Gasteiger partial charge in [0.2, 0.25) is 5.91 Å². The summed E-state index contributed by atoms with van der Waals surface area (Å²) >= 11 is 0. The summed E-state index contributed by atoms with van der Waals surface area (Å²) in [5.41, 5.74) is 2.73. The van der Waals surface area contributed by atoms with Crippen LogP contribution in [-0.4, -0.2) is 26.2 Å². The van der Waals surface area contributed by atoms with Crippen LogP contribution >= 0.6 is 0 Å². The van der Waals surface area contributed by atoms with Crippen LogP contribution in [0.5, 0.6) is 0 Å². The molecule has 0 bridgehead atoms. The van der Waals surface area contributed by atoms with Crippen LogP contribution in [0.3, 0.4) is 0 Å². The van der Waals surface area contributed by atoms with E-state index >= 15 is 0 Å². The van der Waals surface area contributed by atoms with Crippen molar-refractivity contribution in [3.63, 3.8) is 0 Å². The number of aliphatic imine (C=N–C) groups is 1. The van der Waals surface area contributed by atoms with Crippen molar-refractivity contribution in [2.24, 2.45) is 4.99 Å². The summed E-state index contributed by atoms with van der Waals surface area (Å²) in [5, 5.41) is 2.94. The molecule has 1 amide bonds. The summed E-state index contributed by atoms with van der Waals surface area (Å²) in [6, 6.07) is 13.8. The zero-order valence-corrected chi connectivity index (χ0v) is 17.2. The van der Waals surface area contributed by atoms with E-state index in [2.05, 4.69) is 41.0 Å². The van der Waals surface area contributed by atoms with Crippen molar-refractivity contribution < 1.29 is 13.2 Å². The Kier molecular flexibility index (Phi) is 5.56. The van der Waals surface area contributed by atoms with Crippen LogP contribution in [0.4, 0.5) is 0 Å². The average Bonchev–Trinajstić information content (AvgIpc) is 2.92. The van der Waals surface area contributed by atoms with E-state index in [0.717, 1.165) is 5.56 Å². The number of sulfonamides is 1. The predicted molar refractivity (Wildman–Crippen MR) is 110 cm³/mol. The Labute approximate surface area is 166 Å². The van der Waals surface area contributed by atoms with Crippen LogP contribution in [-0.2, 0) is 14.8 Å². The molecular weight excluding hydrogens is 374 g/mol. The van der Waals surface area contributed by atoms with Gasteiger partial charge in [-0.3, -0.25) is 14.5 Å². The van der Waals surface area contributed by atoms with Crippen LogP contribution in [0.1, 0.15) is 56.3 Å². The maximum absolute atomic E-state index is 12.6. The first-order valence-electron chi connectivity index (χ1n) is 9.29. The van der Waals surface area contributed by atoms with Crippen molar-refractivity contribution in [2.45, 2.75) is 50.6 Å². The van der Waals surface area contributed by atoms with E-state index in [1.54, 1.807) is 25.1 Å². The largest absolute Gasteiger partial charge is 0.348 e. The molecule has 0 spiro atoms. The highest BCUT2D eigenvalue weighted by Crippen LogP contribution is 2.23. The minimum Gasteiger partial charge on any atom is -0.348 e. The maximum Gasteiger partial charge on any atom is 0.263 e. The van der Waals surface area contributed by atoms with Gasteiger partial charge in [0.05, 0.1) is 10.9 Å². The normalized spacial score (nSPS) is 18.4. The maximum atomic E-state index is 12.6. The molecule has 1 aliphatic rings. The highest BCUT2D eigenvalue weighted by Gasteiger charge is 2.31. The monoisotopic (exact) mass is 399 g/mol. The Hall–Kier alpha value is -2.67. The van der Waals surface area contributed by atoms with Gasteiger partial charge in [-0.2, -0.15) is 0 Å². The molecule has 1 heterocycles. The smallest absolute Gasteiger partial charge is 0.263 e. The van der Waals surface area contributed by atoms with E-state index in [0.29, 0.717) is 11.5 Å². The van der Waals surface area contributed by atoms with Crippen LogP contribution in [0.15, 0.2) is 58.4 Å². The number of amides is 1. The van der Waals surface area contributed by atoms with Gasteiger partial charge in [0.15, 0.2) is 0 Å². The van der Waals surface area contributed by atoms with Gasteiger partial charge in [-0.15, -0.1) is 0 Å². The topological polar surface area (TPSA) is 87.6 Å². The summed E-state index contributed by atoms with van der Waals surface area (Å²) in [6.07, 6.45) is 0. The van der Waals surface area contributed by atoms with E-state index in [4.69, 9.17) is 0 Å². The Morgan fingerprint density at radius 1 is 0.964 bits per heavy atom. The van der Waals surface area contributed by atoms with Crippen molar-refractivity contribution in [3.05, 3.63) is 65.2 Å². The minimum atomic E-state index is -3.62. The fraction of sp³-hybridized carbons (Fsp3) is 0.333. The van der Waals surface area contributed by atoms with Crippen LogP contribution in [0.25, 0.3) is 0 Å². The summed E-state index contributed by atoms with van der Waals surface area (Å²) < 4.78 is 26.7. The number of fused-ring (bicyclic) bond motifs is 1. The number of rotatable bonds is 5. The molecule has 2 aromatic rings. The van der Waals surface area contributed by atoms with Gasteiger partial charge in [0.1, 0.15) is 11.9 Å². The van der Waals surface area contributed by atoms with Crippen molar-refractivity contribution in [1.82, 2.24) is 10.0 Å². The fourth-order valence-electron chi connectivity index (χ4n) is 3.07. The fourth-order valence-corrected chi connectivity index (χ4v) is 4.31. The standard InChI is InChI=1S/C21H25N3O3S/c1-13(2)16-9-11-17(12-10-16)14(3)23-21(25)15(4)22-20-18-7-5-6-8-19(18)28(26,27)24-20/h5-15H,1-4H3,(H,22,24)(H,23,25)/t14?,15-/m0/s1. The Balaban J connectivity index is 1.72. The molecule has 0 saturated heterocycles. The van der Waals surface area contributed by atoms with Gasteiger partial charge in [-0.1, -0.05) is 50.2 Å². The molecule has 2 N–H and O–H groups in total. The molecule has 2 aromatic carbocycles. The number of carbonyl (C=O) groups excluding carboxylic acids is 1. The molecule has 0 fully saturated rings. The molecule has 2 atom stereocenters. The number of nitrogens with one attached hydrogen (secondary N) is 2. The average molecular weight is 400 g/mol. The molecule has 1 unspecified atom stereocenters. The molecule has 1 aliphatic heterocycles. The van der Waals surface area contributed by atoms with Crippen LogP contribution in [0.2, 0.25) is 0 Å². The first-order valence-corrected chi connectivity index (χ1v) is 10.8. The van der Waals surface area contributed by atoms with Crippen molar-refractivity contribution in [1.29, 1.82) is 0 Å². The number of hydrogen-bond donors (Lipinski definition) is 2. The lowest BCUT2D eigenvalue weighted by molar-refractivity contribution is -0.122. The lowest BCUT2D eigenvalue weighted by atomic mass is 9.99. The highest BCUT2D eigenvalue weighted by molar-refractivity contribution is 7.90. The van der Waals surface area contributed by atoms with Crippen molar-refractivity contribution in [2.75, 3.05) is 0 Å². The third-order valence-electron chi connectivity index (χ3n) is 4.83. The quantitative estimate of drug-likeness (QED) is 0.810. The number of benzene rings is 2. The summed E-state index contributed by atoms with van der Waals surface area (Å²) in [6.45, 7) is 7.83. The van der Waals surface area contributed by atoms with E-state index in [1.807, 2.05) is 19.1 Å². The van der Waals surface area contributed by atoms with E-state index < -0.39 is 16.1 Å². The van der Waals surface area contributed by atoms with Gasteiger partial charge in [0.25, 0.3) is 10.0 Å². The molecule has 6 nitrogen and oxygen atoms in total. The van der Waals surface area contributed by atoms with E-state index in [-0.39, 0.29) is 22.7 Å². The molecule has 0 aliphatic carbocycles. The number of nitrogens with zero attached hydrogens (tertiary/aromatic N) is 1. The molecule has 28 heavy (non-hydrogen) atoms. The van der Waals surface area contributed by atoms with Gasteiger partial charge in [-0.05, 0) is 43.0 Å². The lowest BCUT2D eigenvalue weighted by Gasteiger charge is -2.17. The number of carbonyl (C=O) groups is 1. The third kappa shape index (κ3) is 4.09. The second kappa shape index (κ2) is 7.75. The lowest BCUT2D eigenvalue weighted by Crippen LogP contribution is -2.35. The molecule has 0 saturated carbocycles. The van der Waals surface area contributed by atoms with Crippen molar-refractivity contribution in [3.8, 4) is 0 Å². The third-order valence-corrected chi connectivity index (χ3v) is 6.22. The zero-order chi connectivity index (χ0) is 20.5. The van der Waals surface area contributed by atoms with Gasteiger partial charge < -0.3 is 5.32 Å². The minimum absolute atomic E-state index is 0.177. The predicted octanol–water partition coefficient (Wildman–Crippen LogP) is 3.11. The molecule has 0 aromatic heterocycles. The Bertz CT molecular complexity index is 1010. The SMILES string of the molecule is CC(C)c1ccc(C(C)NC(=O)[C@H](C)N=C2NS(=O)(=O)c3ccccc32)cc1. The van der Waals surface area contributed by atoms with Crippen LogP contribution < -0.4 is 10.0 Å². The molecule has 148 valence electrons. The molecule has 7 heteroatoms. The highest BCUT2D eigenvalue weighted by atomic mass is 32.2. The summed E-state index contributed by atoms with van der Waals surface area (Å²) in [5.74, 6) is 0.386. The number of amidine groups is 1. The van der Waals surface area contributed by atoms with Gasteiger partial charge >= 0.3 is 0 Å². The van der Waals surface area contributed by atoms with Crippen molar-refractivity contribution >= 4 is 21.8 Å². The second-order valence-electron chi connectivity index (χ2n) is 7.31. The summed E-state index contributed by atoms with van der Waals surface area (Å²) in [7, 11) is -3.62. The van der Waals surface area contributed by atoms with Gasteiger partial charge in [0, 0.05) is 5.56 Å². The Morgan fingerprint density at radius 3 is 2.21 bits per heavy atom. The van der Waals surface area contributed by atoms with E-state index in [1.165, 1.54) is 11.6 Å². The zero-order valence-electron chi connectivity index (χ0n) is 16.4. The van der Waals surface area contributed by atoms with Gasteiger partial charge in [-0.25, -0.2) is 8.42 Å². The van der Waals surface area contributed by atoms with E-state index in [9.17, 15) is 13.2 Å². The summed E-state index contributed by atoms with van der Waals surface area (Å²) in [4.78, 5) is 17.1.